The lowest BCUT2D eigenvalue weighted by atomic mass is 10.2. The Morgan fingerprint density at radius 3 is 2.81 bits per heavy atom. The van der Waals surface area contributed by atoms with Crippen molar-refractivity contribution in [3.63, 3.8) is 0 Å². The molecule has 2 N–H and O–H groups in total. The number of carbonyl (C=O) groups excluding carboxylic acids is 1. The van der Waals surface area contributed by atoms with Crippen LogP contribution in [0.25, 0.3) is 0 Å². The van der Waals surface area contributed by atoms with Crippen LogP contribution in [0.5, 0.6) is 0 Å². The van der Waals surface area contributed by atoms with Crippen LogP contribution in [0.2, 0.25) is 5.02 Å². The molecule has 2 heterocycles. The maximum absolute atomic E-state index is 13.2. The van der Waals surface area contributed by atoms with Crippen molar-refractivity contribution >= 4 is 28.9 Å². The van der Waals surface area contributed by atoms with Gasteiger partial charge in [-0.1, -0.05) is 11.6 Å². The minimum absolute atomic E-state index is 0.0422. The van der Waals surface area contributed by atoms with Crippen LogP contribution in [0, 0.1) is 5.82 Å². The molecule has 3 rings (SSSR count). The number of hydrogen-bond acceptors (Lipinski definition) is 5. The Hall–Kier alpha value is -2.22. The van der Waals surface area contributed by atoms with E-state index in [2.05, 4.69) is 20.5 Å². The number of anilines is 2. The molecule has 26 heavy (non-hydrogen) atoms. The molecule has 0 atom stereocenters. The minimum atomic E-state index is -0.530. The number of pyridine rings is 1. The third-order valence-corrected chi connectivity index (χ3v) is 4.33. The monoisotopic (exact) mass is 378 g/mol. The standard InChI is InChI=1S/C18H20ClFN4O2/c19-16-10-14(1-2-17(16)20)23-18(25)13-9-15(12-21-11-13)22-3-4-24-5-7-26-8-6-24/h1-2,9-12,22H,3-8H2,(H,23,25). The number of nitrogens with zero attached hydrogens (tertiary/aromatic N) is 2. The lowest BCUT2D eigenvalue weighted by Crippen LogP contribution is -2.39. The molecule has 8 heteroatoms. The Labute approximate surface area is 156 Å². The number of amides is 1. The molecule has 1 aliphatic rings. The number of halogens is 2. The summed E-state index contributed by atoms with van der Waals surface area (Å²) < 4.78 is 18.5. The number of carbonyl (C=O) groups is 1. The molecule has 0 saturated carbocycles. The SMILES string of the molecule is O=C(Nc1ccc(F)c(Cl)c1)c1cncc(NCCN2CCOCC2)c1. The van der Waals surface area contributed by atoms with Crippen LogP contribution in [0.3, 0.4) is 0 Å². The van der Waals surface area contributed by atoms with Gasteiger partial charge in [0.1, 0.15) is 5.82 Å². The summed E-state index contributed by atoms with van der Waals surface area (Å²) in [6.45, 7) is 5.05. The molecular formula is C18H20ClFN4O2. The van der Waals surface area contributed by atoms with E-state index in [9.17, 15) is 9.18 Å². The average molecular weight is 379 g/mol. The fourth-order valence-electron chi connectivity index (χ4n) is 2.62. The predicted molar refractivity (Wildman–Crippen MR) is 99.3 cm³/mol. The second kappa shape index (κ2) is 8.93. The van der Waals surface area contributed by atoms with E-state index in [1.807, 2.05) is 0 Å². The molecule has 138 valence electrons. The van der Waals surface area contributed by atoms with E-state index in [1.165, 1.54) is 24.4 Å². The van der Waals surface area contributed by atoms with Crippen molar-refractivity contribution in [2.45, 2.75) is 0 Å². The number of rotatable bonds is 6. The van der Waals surface area contributed by atoms with Crippen molar-refractivity contribution in [3.05, 3.63) is 53.1 Å². The molecule has 0 aliphatic carbocycles. The van der Waals surface area contributed by atoms with Gasteiger partial charge in [-0.25, -0.2) is 4.39 Å². The van der Waals surface area contributed by atoms with Gasteiger partial charge in [-0.2, -0.15) is 0 Å². The van der Waals surface area contributed by atoms with Crippen molar-refractivity contribution in [1.29, 1.82) is 0 Å². The maximum atomic E-state index is 13.2. The Morgan fingerprint density at radius 2 is 2.04 bits per heavy atom. The van der Waals surface area contributed by atoms with Crippen LogP contribution in [-0.2, 0) is 4.74 Å². The third kappa shape index (κ3) is 5.14. The average Bonchev–Trinajstić information content (AvgIpc) is 2.66. The van der Waals surface area contributed by atoms with Crippen molar-refractivity contribution in [2.75, 3.05) is 50.0 Å². The van der Waals surface area contributed by atoms with Gasteiger partial charge >= 0.3 is 0 Å². The highest BCUT2D eigenvalue weighted by atomic mass is 35.5. The van der Waals surface area contributed by atoms with E-state index in [4.69, 9.17) is 16.3 Å². The zero-order valence-corrected chi connectivity index (χ0v) is 14.9. The van der Waals surface area contributed by atoms with Crippen LogP contribution in [0.1, 0.15) is 10.4 Å². The first kappa shape index (κ1) is 18.6. The minimum Gasteiger partial charge on any atom is -0.382 e. The highest BCUT2D eigenvalue weighted by Gasteiger charge is 2.11. The van der Waals surface area contributed by atoms with Gasteiger partial charge in [-0.3, -0.25) is 14.7 Å². The molecule has 0 spiro atoms. The molecule has 1 aliphatic heterocycles. The molecule has 1 saturated heterocycles. The van der Waals surface area contributed by atoms with E-state index < -0.39 is 5.82 Å². The van der Waals surface area contributed by atoms with Gasteiger partial charge in [-0.15, -0.1) is 0 Å². The summed E-state index contributed by atoms with van der Waals surface area (Å²) in [6.07, 6.45) is 3.15. The van der Waals surface area contributed by atoms with Gasteiger partial charge in [0.05, 0.1) is 29.5 Å². The maximum Gasteiger partial charge on any atom is 0.257 e. The van der Waals surface area contributed by atoms with Crippen molar-refractivity contribution in [2.24, 2.45) is 0 Å². The molecule has 1 fully saturated rings. The van der Waals surface area contributed by atoms with Crippen molar-refractivity contribution in [1.82, 2.24) is 9.88 Å². The number of morpholine rings is 1. The molecule has 1 aromatic carbocycles. The first-order chi connectivity index (χ1) is 12.6. The Bertz CT molecular complexity index is 769. The number of benzene rings is 1. The summed E-state index contributed by atoms with van der Waals surface area (Å²) in [5.41, 5.74) is 1.59. The molecule has 0 unspecified atom stereocenters. The highest BCUT2D eigenvalue weighted by molar-refractivity contribution is 6.31. The first-order valence-corrected chi connectivity index (χ1v) is 8.75. The number of hydrogen-bond donors (Lipinski definition) is 2. The Morgan fingerprint density at radius 1 is 1.23 bits per heavy atom. The van der Waals surface area contributed by atoms with Crippen molar-refractivity contribution < 1.29 is 13.9 Å². The van der Waals surface area contributed by atoms with Gasteiger partial charge in [0.2, 0.25) is 0 Å². The number of ether oxygens (including phenoxy) is 1. The normalized spacial score (nSPS) is 14.8. The fourth-order valence-corrected chi connectivity index (χ4v) is 2.80. The van der Waals surface area contributed by atoms with Gasteiger partial charge < -0.3 is 15.4 Å². The summed E-state index contributed by atoms with van der Waals surface area (Å²) in [4.78, 5) is 18.8. The van der Waals surface area contributed by atoms with Crippen molar-refractivity contribution in [3.8, 4) is 0 Å². The summed E-state index contributed by atoms with van der Waals surface area (Å²) in [5, 5.41) is 5.91. The van der Waals surface area contributed by atoms with Crippen LogP contribution in [0.15, 0.2) is 36.7 Å². The van der Waals surface area contributed by atoms with Crippen LogP contribution in [0.4, 0.5) is 15.8 Å². The second-order valence-electron chi connectivity index (χ2n) is 5.93. The predicted octanol–water partition coefficient (Wildman–Crippen LogP) is 2.87. The molecule has 6 nitrogen and oxygen atoms in total. The zero-order valence-electron chi connectivity index (χ0n) is 14.2. The summed E-state index contributed by atoms with van der Waals surface area (Å²) in [5.74, 6) is -0.866. The third-order valence-electron chi connectivity index (χ3n) is 4.04. The molecule has 1 aromatic heterocycles. The Kier molecular flexibility index (Phi) is 6.38. The van der Waals surface area contributed by atoms with Gasteiger partial charge in [0.15, 0.2) is 0 Å². The van der Waals surface area contributed by atoms with Crippen LogP contribution < -0.4 is 10.6 Å². The summed E-state index contributed by atoms with van der Waals surface area (Å²) >= 11 is 5.73. The summed E-state index contributed by atoms with van der Waals surface area (Å²) in [6, 6.07) is 5.76. The lowest BCUT2D eigenvalue weighted by Gasteiger charge is -2.26. The smallest absolute Gasteiger partial charge is 0.257 e. The summed E-state index contributed by atoms with van der Waals surface area (Å²) in [7, 11) is 0. The molecule has 2 aromatic rings. The second-order valence-corrected chi connectivity index (χ2v) is 6.33. The Balaban J connectivity index is 1.55. The largest absolute Gasteiger partial charge is 0.382 e. The van der Waals surface area contributed by atoms with E-state index in [1.54, 1.807) is 12.3 Å². The van der Waals surface area contributed by atoms with E-state index in [-0.39, 0.29) is 10.9 Å². The molecule has 0 bridgehead atoms. The van der Waals surface area contributed by atoms with Gasteiger partial charge in [0, 0.05) is 44.3 Å². The fraction of sp³-hybridized carbons (Fsp3) is 0.333. The van der Waals surface area contributed by atoms with Gasteiger partial charge in [0.25, 0.3) is 5.91 Å². The molecule has 1 amide bonds. The topological polar surface area (TPSA) is 66.5 Å². The number of nitrogens with one attached hydrogen (secondary N) is 2. The zero-order chi connectivity index (χ0) is 18.4. The first-order valence-electron chi connectivity index (χ1n) is 8.37. The lowest BCUT2D eigenvalue weighted by molar-refractivity contribution is 0.0398. The molecular weight excluding hydrogens is 359 g/mol. The molecule has 0 radical (unpaired) electrons. The quantitative estimate of drug-likeness (QED) is 0.809. The van der Waals surface area contributed by atoms with E-state index in [0.29, 0.717) is 11.3 Å². The number of aromatic nitrogens is 1. The van der Waals surface area contributed by atoms with Crippen LogP contribution >= 0.6 is 11.6 Å². The van der Waals surface area contributed by atoms with Gasteiger partial charge in [-0.05, 0) is 24.3 Å². The van der Waals surface area contributed by atoms with E-state index >= 15 is 0 Å². The van der Waals surface area contributed by atoms with E-state index in [0.717, 1.165) is 45.1 Å². The van der Waals surface area contributed by atoms with Crippen LogP contribution in [-0.4, -0.2) is 55.2 Å². The highest BCUT2D eigenvalue weighted by Crippen LogP contribution is 2.20.